The van der Waals surface area contributed by atoms with Crippen LogP contribution in [0.4, 0.5) is 27.4 Å². The predicted molar refractivity (Wildman–Crippen MR) is 93.9 cm³/mol. The van der Waals surface area contributed by atoms with E-state index in [0.717, 1.165) is 25.7 Å². The second kappa shape index (κ2) is 11.0. The first-order valence-corrected chi connectivity index (χ1v) is 8.27. The van der Waals surface area contributed by atoms with Crippen molar-refractivity contribution in [2.45, 2.75) is 39.5 Å². The number of unbranched alkanes of at least 4 members (excludes halogenated alkanes) is 2. The lowest BCUT2D eigenvalue weighted by Gasteiger charge is -2.13. The van der Waals surface area contributed by atoms with E-state index >= 15 is 0 Å². The van der Waals surface area contributed by atoms with Gasteiger partial charge in [0.1, 0.15) is 0 Å². The molecule has 2 amide bonds. The summed E-state index contributed by atoms with van der Waals surface area (Å²) >= 11 is 0. The SMILES string of the molecule is CCCCOC(=O)Nc1nc(NC(=O)OCCCC)nc(N(C)C)n1. The molecule has 10 nitrogen and oxygen atoms in total. The highest BCUT2D eigenvalue weighted by molar-refractivity contribution is 5.84. The van der Waals surface area contributed by atoms with Crippen molar-refractivity contribution in [3.8, 4) is 0 Å². The Morgan fingerprint density at radius 2 is 1.32 bits per heavy atom. The van der Waals surface area contributed by atoms with Gasteiger partial charge in [0.15, 0.2) is 0 Å². The molecule has 0 aromatic carbocycles. The number of hydrogen-bond donors (Lipinski definition) is 2. The zero-order chi connectivity index (χ0) is 18.7. The molecule has 0 aliphatic carbocycles. The van der Waals surface area contributed by atoms with Crippen LogP contribution < -0.4 is 15.5 Å². The van der Waals surface area contributed by atoms with Crippen LogP contribution in [0.5, 0.6) is 0 Å². The average Bonchev–Trinajstić information content (AvgIpc) is 2.55. The monoisotopic (exact) mass is 354 g/mol. The van der Waals surface area contributed by atoms with Crippen molar-refractivity contribution < 1.29 is 19.1 Å². The van der Waals surface area contributed by atoms with Gasteiger partial charge < -0.3 is 14.4 Å². The molecular weight excluding hydrogens is 328 g/mol. The van der Waals surface area contributed by atoms with Crippen LogP contribution >= 0.6 is 0 Å². The Balaban J connectivity index is 2.76. The van der Waals surface area contributed by atoms with Gasteiger partial charge in [-0.1, -0.05) is 26.7 Å². The van der Waals surface area contributed by atoms with Crippen LogP contribution in [-0.4, -0.2) is 54.4 Å². The third-order valence-corrected chi connectivity index (χ3v) is 2.91. The Kier molecular flexibility index (Phi) is 8.97. The fourth-order valence-corrected chi connectivity index (χ4v) is 1.55. The molecular formula is C15H26N6O4. The first-order chi connectivity index (χ1) is 12.0. The van der Waals surface area contributed by atoms with Crippen molar-refractivity contribution in [2.24, 2.45) is 0 Å². The lowest BCUT2D eigenvalue weighted by molar-refractivity contribution is 0.159. The highest BCUT2D eigenvalue weighted by Crippen LogP contribution is 2.12. The molecule has 0 bridgehead atoms. The van der Waals surface area contributed by atoms with Crippen LogP contribution in [0.3, 0.4) is 0 Å². The topological polar surface area (TPSA) is 119 Å². The summed E-state index contributed by atoms with van der Waals surface area (Å²) in [6.07, 6.45) is 2.03. The Morgan fingerprint density at radius 3 is 1.68 bits per heavy atom. The van der Waals surface area contributed by atoms with Crippen molar-refractivity contribution in [3.63, 3.8) is 0 Å². The predicted octanol–water partition coefficient (Wildman–Crippen LogP) is 2.63. The average molecular weight is 354 g/mol. The van der Waals surface area contributed by atoms with Crippen LogP contribution in [0.1, 0.15) is 39.5 Å². The van der Waals surface area contributed by atoms with Crippen LogP contribution in [-0.2, 0) is 9.47 Å². The molecule has 0 aliphatic rings. The maximum atomic E-state index is 11.7. The number of ether oxygens (including phenoxy) is 2. The van der Waals surface area contributed by atoms with Crippen LogP contribution in [0.25, 0.3) is 0 Å². The van der Waals surface area contributed by atoms with E-state index in [9.17, 15) is 9.59 Å². The molecule has 1 aromatic heterocycles. The fraction of sp³-hybridized carbons (Fsp3) is 0.667. The molecule has 0 fully saturated rings. The maximum absolute atomic E-state index is 11.7. The van der Waals surface area contributed by atoms with Crippen molar-refractivity contribution in [2.75, 3.05) is 42.8 Å². The number of nitrogens with one attached hydrogen (secondary N) is 2. The minimum absolute atomic E-state index is 0.0240. The Labute approximate surface area is 147 Å². The van der Waals surface area contributed by atoms with E-state index in [1.54, 1.807) is 19.0 Å². The number of carbonyl (C=O) groups is 2. The van der Waals surface area contributed by atoms with Crippen LogP contribution in [0.2, 0.25) is 0 Å². The molecule has 140 valence electrons. The van der Waals surface area contributed by atoms with Gasteiger partial charge in [0.25, 0.3) is 0 Å². The van der Waals surface area contributed by atoms with Crippen molar-refractivity contribution >= 4 is 30.0 Å². The molecule has 2 N–H and O–H groups in total. The van der Waals surface area contributed by atoms with E-state index in [1.807, 2.05) is 13.8 Å². The van der Waals surface area contributed by atoms with E-state index in [0.29, 0.717) is 13.2 Å². The van der Waals surface area contributed by atoms with Gasteiger partial charge in [-0.05, 0) is 12.8 Å². The molecule has 1 rings (SSSR count). The van der Waals surface area contributed by atoms with E-state index in [1.165, 1.54) is 0 Å². The maximum Gasteiger partial charge on any atom is 0.414 e. The summed E-state index contributed by atoms with van der Waals surface area (Å²) in [5.41, 5.74) is 0. The number of amides is 2. The van der Waals surface area contributed by atoms with Gasteiger partial charge in [-0.15, -0.1) is 0 Å². The zero-order valence-electron chi connectivity index (χ0n) is 15.2. The third-order valence-electron chi connectivity index (χ3n) is 2.91. The van der Waals surface area contributed by atoms with Crippen LogP contribution in [0, 0.1) is 0 Å². The van der Waals surface area contributed by atoms with Gasteiger partial charge in [0, 0.05) is 14.1 Å². The highest BCUT2D eigenvalue weighted by atomic mass is 16.6. The molecule has 0 radical (unpaired) electrons. The van der Waals surface area contributed by atoms with E-state index in [4.69, 9.17) is 9.47 Å². The quantitative estimate of drug-likeness (QED) is 0.650. The highest BCUT2D eigenvalue weighted by Gasteiger charge is 2.14. The number of carbonyl (C=O) groups excluding carboxylic acids is 2. The number of hydrogen-bond acceptors (Lipinski definition) is 8. The van der Waals surface area contributed by atoms with Gasteiger partial charge >= 0.3 is 12.2 Å². The zero-order valence-corrected chi connectivity index (χ0v) is 15.2. The molecule has 0 spiro atoms. The standard InChI is InChI=1S/C15H26N6O4/c1-5-7-9-24-14(22)19-11-16-12(18-13(17-11)21(3)4)20-15(23)25-10-8-6-2/h5-10H2,1-4H3,(H2,16,17,18,19,20,22,23). The number of rotatable bonds is 9. The van der Waals surface area contributed by atoms with Gasteiger partial charge in [0.2, 0.25) is 17.8 Å². The number of anilines is 3. The van der Waals surface area contributed by atoms with Gasteiger partial charge in [-0.25, -0.2) is 9.59 Å². The number of nitrogens with zero attached hydrogens (tertiary/aromatic N) is 4. The summed E-state index contributed by atoms with van der Waals surface area (Å²) in [7, 11) is 3.45. The second-order valence-corrected chi connectivity index (χ2v) is 5.41. The first kappa shape index (κ1) is 20.4. The largest absolute Gasteiger partial charge is 0.449 e. The van der Waals surface area contributed by atoms with Crippen molar-refractivity contribution in [1.82, 2.24) is 15.0 Å². The summed E-state index contributed by atoms with van der Waals surface area (Å²) in [5.74, 6) is 0.218. The second-order valence-electron chi connectivity index (χ2n) is 5.41. The summed E-state index contributed by atoms with van der Waals surface area (Å²) in [6.45, 7) is 4.61. The lowest BCUT2D eigenvalue weighted by Crippen LogP contribution is -2.22. The number of aromatic nitrogens is 3. The molecule has 1 heterocycles. The molecule has 0 saturated carbocycles. The summed E-state index contributed by atoms with van der Waals surface area (Å²) in [6, 6.07) is 0. The first-order valence-electron chi connectivity index (χ1n) is 8.27. The summed E-state index contributed by atoms with van der Waals surface area (Å²) in [4.78, 5) is 37.2. The Bertz CT molecular complexity index is 525. The van der Waals surface area contributed by atoms with Crippen molar-refractivity contribution in [3.05, 3.63) is 0 Å². The molecule has 0 atom stereocenters. The fourth-order valence-electron chi connectivity index (χ4n) is 1.55. The van der Waals surface area contributed by atoms with Crippen LogP contribution in [0.15, 0.2) is 0 Å². The summed E-state index contributed by atoms with van der Waals surface area (Å²) in [5, 5.41) is 4.84. The van der Waals surface area contributed by atoms with E-state index in [-0.39, 0.29) is 17.8 Å². The van der Waals surface area contributed by atoms with Gasteiger partial charge in [0.05, 0.1) is 13.2 Å². The molecule has 0 aliphatic heterocycles. The molecule has 25 heavy (non-hydrogen) atoms. The van der Waals surface area contributed by atoms with Crippen molar-refractivity contribution in [1.29, 1.82) is 0 Å². The third kappa shape index (κ3) is 8.13. The molecule has 0 unspecified atom stereocenters. The lowest BCUT2D eigenvalue weighted by atomic mass is 10.4. The van der Waals surface area contributed by atoms with Gasteiger partial charge in [-0.3, -0.25) is 10.6 Å². The summed E-state index contributed by atoms with van der Waals surface area (Å²) < 4.78 is 9.99. The van der Waals surface area contributed by atoms with E-state index < -0.39 is 12.2 Å². The Morgan fingerprint density at radius 1 is 0.880 bits per heavy atom. The Hall–Kier alpha value is -2.65. The normalized spacial score (nSPS) is 10.1. The van der Waals surface area contributed by atoms with E-state index in [2.05, 4.69) is 25.6 Å². The van der Waals surface area contributed by atoms with Gasteiger partial charge in [-0.2, -0.15) is 15.0 Å². The molecule has 10 heteroatoms. The molecule has 0 saturated heterocycles. The minimum atomic E-state index is -0.666. The smallest absolute Gasteiger partial charge is 0.414 e. The minimum Gasteiger partial charge on any atom is -0.449 e. The molecule has 1 aromatic rings.